The minimum Gasteiger partial charge on any atom is -0.319 e. The number of nitrogens with zero attached hydrogens (tertiary/aromatic N) is 2. The lowest BCUT2D eigenvalue weighted by molar-refractivity contribution is 0.489. The Labute approximate surface area is 137 Å². The second-order valence-electron chi connectivity index (χ2n) is 5.28. The summed E-state index contributed by atoms with van der Waals surface area (Å²) in [5.41, 5.74) is 2.55. The summed E-state index contributed by atoms with van der Waals surface area (Å²) < 4.78 is 3.24. The quantitative estimate of drug-likeness (QED) is 0.721. The highest BCUT2D eigenvalue weighted by Crippen LogP contribution is 2.18. The zero-order valence-corrected chi connectivity index (χ0v) is 14.3. The van der Waals surface area contributed by atoms with Crippen LogP contribution in [0.25, 0.3) is 4.96 Å². The summed E-state index contributed by atoms with van der Waals surface area (Å²) in [5, 5.41) is 5.37. The first kappa shape index (κ1) is 14.8. The van der Waals surface area contributed by atoms with E-state index in [9.17, 15) is 0 Å². The van der Waals surface area contributed by atoms with Crippen molar-refractivity contribution in [2.75, 3.05) is 13.6 Å². The van der Waals surface area contributed by atoms with Crippen LogP contribution >= 0.6 is 27.3 Å². The van der Waals surface area contributed by atoms with Crippen LogP contribution in [-0.4, -0.2) is 23.0 Å². The van der Waals surface area contributed by atoms with E-state index in [1.165, 1.54) is 11.3 Å². The molecule has 3 rings (SSSR count). The summed E-state index contributed by atoms with van der Waals surface area (Å²) in [7, 11) is 2.01. The minimum absolute atomic E-state index is 0.556. The predicted octanol–water partition coefficient (Wildman–Crippen LogP) is 3.78. The number of imidazole rings is 1. The van der Waals surface area contributed by atoms with Gasteiger partial charge in [-0.1, -0.05) is 28.1 Å². The highest BCUT2D eigenvalue weighted by atomic mass is 79.9. The fraction of sp³-hybridized carbons (Fsp3) is 0.312. The standard InChI is InChI=1S/C16H18BrN3S/c1-18-10-13(8-12-2-4-14(17)5-3-12)9-15-11-20-6-7-21-16(20)19-15/h2-7,11,13,18H,8-10H2,1H3. The van der Waals surface area contributed by atoms with Crippen molar-refractivity contribution < 1.29 is 0 Å². The zero-order valence-electron chi connectivity index (χ0n) is 11.9. The van der Waals surface area contributed by atoms with Crippen LogP contribution in [0.5, 0.6) is 0 Å². The van der Waals surface area contributed by atoms with Gasteiger partial charge in [-0.3, -0.25) is 4.40 Å². The van der Waals surface area contributed by atoms with Crippen LogP contribution < -0.4 is 5.32 Å². The number of thiazole rings is 1. The molecule has 0 fully saturated rings. The third-order valence-electron chi connectivity index (χ3n) is 3.57. The molecule has 110 valence electrons. The van der Waals surface area contributed by atoms with Gasteiger partial charge in [0.05, 0.1) is 5.69 Å². The number of halogens is 1. The van der Waals surface area contributed by atoms with Gasteiger partial charge in [0.15, 0.2) is 4.96 Å². The maximum absolute atomic E-state index is 4.70. The van der Waals surface area contributed by atoms with Gasteiger partial charge in [0.2, 0.25) is 0 Å². The third-order valence-corrected chi connectivity index (χ3v) is 4.87. The Kier molecular flexibility index (Phi) is 4.73. The summed E-state index contributed by atoms with van der Waals surface area (Å²) in [5.74, 6) is 0.556. The van der Waals surface area contributed by atoms with Gasteiger partial charge < -0.3 is 5.32 Å². The number of benzene rings is 1. The van der Waals surface area contributed by atoms with E-state index in [2.05, 4.69) is 67.7 Å². The number of aromatic nitrogens is 2. The average molecular weight is 364 g/mol. The Bertz CT molecular complexity index is 673. The van der Waals surface area contributed by atoms with Crippen molar-refractivity contribution in [1.29, 1.82) is 0 Å². The summed E-state index contributed by atoms with van der Waals surface area (Å²) in [6.07, 6.45) is 6.29. The summed E-state index contributed by atoms with van der Waals surface area (Å²) in [6, 6.07) is 8.60. The molecule has 0 saturated heterocycles. The topological polar surface area (TPSA) is 29.3 Å². The lowest BCUT2D eigenvalue weighted by atomic mass is 9.95. The van der Waals surface area contributed by atoms with Crippen LogP contribution in [0.2, 0.25) is 0 Å². The molecule has 5 heteroatoms. The Hall–Kier alpha value is -1.17. The molecule has 1 aromatic carbocycles. The van der Waals surface area contributed by atoms with Gasteiger partial charge in [-0.2, -0.15) is 0 Å². The summed E-state index contributed by atoms with van der Waals surface area (Å²) in [4.78, 5) is 5.78. The molecule has 1 unspecified atom stereocenters. The second-order valence-corrected chi connectivity index (χ2v) is 7.07. The number of nitrogens with one attached hydrogen (secondary N) is 1. The van der Waals surface area contributed by atoms with Gasteiger partial charge in [0.1, 0.15) is 0 Å². The minimum atomic E-state index is 0.556. The molecule has 2 heterocycles. The molecule has 0 saturated carbocycles. The zero-order chi connectivity index (χ0) is 14.7. The molecule has 0 spiro atoms. The van der Waals surface area contributed by atoms with Gasteiger partial charge >= 0.3 is 0 Å². The molecule has 0 amide bonds. The fourth-order valence-electron chi connectivity index (χ4n) is 2.63. The number of fused-ring (bicyclic) bond motifs is 1. The maximum atomic E-state index is 4.70. The third kappa shape index (κ3) is 3.73. The van der Waals surface area contributed by atoms with Gasteiger partial charge in [0, 0.05) is 22.2 Å². The van der Waals surface area contributed by atoms with E-state index in [1.807, 2.05) is 7.05 Å². The lowest BCUT2D eigenvalue weighted by Gasteiger charge is -2.15. The normalized spacial score (nSPS) is 12.9. The van der Waals surface area contributed by atoms with Crippen LogP contribution in [0, 0.1) is 5.92 Å². The fourth-order valence-corrected chi connectivity index (χ4v) is 3.61. The monoisotopic (exact) mass is 363 g/mol. The van der Waals surface area contributed by atoms with Crippen molar-refractivity contribution in [3.8, 4) is 0 Å². The Morgan fingerprint density at radius 3 is 2.81 bits per heavy atom. The maximum Gasteiger partial charge on any atom is 0.193 e. The lowest BCUT2D eigenvalue weighted by Crippen LogP contribution is -2.23. The van der Waals surface area contributed by atoms with Gasteiger partial charge in [-0.15, -0.1) is 11.3 Å². The highest BCUT2D eigenvalue weighted by Gasteiger charge is 2.13. The van der Waals surface area contributed by atoms with E-state index in [1.54, 1.807) is 11.3 Å². The first-order chi connectivity index (χ1) is 10.2. The van der Waals surface area contributed by atoms with Crippen LogP contribution in [0.4, 0.5) is 0 Å². The molecular weight excluding hydrogens is 346 g/mol. The molecule has 1 N–H and O–H groups in total. The molecular formula is C16H18BrN3S. The summed E-state index contributed by atoms with van der Waals surface area (Å²) >= 11 is 5.17. The molecule has 0 aliphatic heterocycles. The molecule has 3 nitrogen and oxygen atoms in total. The van der Waals surface area contributed by atoms with Gasteiger partial charge in [-0.05, 0) is 50.0 Å². The van der Waals surface area contributed by atoms with Crippen LogP contribution in [0.1, 0.15) is 11.3 Å². The van der Waals surface area contributed by atoms with E-state index < -0.39 is 0 Å². The average Bonchev–Trinajstić information content (AvgIpc) is 3.02. The smallest absolute Gasteiger partial charge is 0.193 e. The number of hydrogen-bond acceptors (Lipinski definition) is 3. The Morgan fingerprint density at radius 2 is 2.10 bits per heavy atom. The van der Waals surface area contributed by atoms with E-state index >= 15 is 0 Å². The molecule has 3 aromatic rings. The van der Waals surface area contributed by atoms with E-state index in [4.69, 9.17) is 4.98 Å². The highest BCUT2D eigenvalue weighted by molar-refractivity contribution is 9.10. The molecule has 0 aliphatic carbocycles. The predicted molar refractivity (Wildman–Crippen MR) is 92.0 cm³/mol. The first-order valence-electron chi connectivity index (χ1n) is 7.04. The van der Waals surface area contributed by atoms with Crippen molar-refractivity contribution in [1.82, 2.24) is 14.7 Å². The van der Waals surface area contributed by atoms with E-state index in [-0.39, 0.29) is 0 Å². The number of hydrogen-bond donors (Lipinski definition) is 1. The molecule has 0 aliphatic rings. The van der Waals surface area contributed by atoms with Crippen LogP contribution in [0.3, 0.4) is 0 Å². The van der Waals surface area contributed by atoms with Crippen LogP contribution in [-0.2, 0) is 12.8 Å². The number of rotatable bonds is 6. The van der Waals surface area contributed by atoms with E-state index in [0.29, 0.717) is 5.92 Å². The molecule has 0 bridgehead atoms. The van der Waals surface area contributed by atoms with Crippen molar-refractivity contribution in [2.24, 2.45) is 5.92 Å². The Morgan fingerprint density at radius 1 is 1.29 bits per heavy atom. The Balaban J connectivity index is 1.71. The molecule has 1 atom stereocenters. The summed E-state index contributed by atoms with van der Waals surface area (Å²) in [6.45, 7) is 1.00. The molecule has 21 heavy (non-hydrogen) atoms. The largest absolute Gasteiger partial charge is 0.319 e. The van der Waals surface area contributed by atoms with Gasteiger partial charge in [-0.25, -0.2) is 4.98 Å². The molecule has 0 radical (unpaired) electrons. The van der Waals surface area contributed by atoms with Gasteiger partial charge in [0.25, 0.3) is 0 Å². The van der Waals surface area contributed by atoms with Crippen molar-refractivity contribution in [2.45, 2.75) is 12.8 Å². The SMILES string of the molecule is CNCC(Cc1ccc(Br)cc1)Cc1cn2ccsc2n1. The van der Waals surface area contributed by atoms with Crippen molar-refractivity contribution in [3.63, 3.8) is 0 Å². The van der Waals surface area contributed by atoms with Crippen molar-refractivity contribution in [3.05, 3.63) is 57.8 Å². The van der Waals surface area contributed by atoms with Crippen molar-refractivity contribution >= 4 is 32.2 Å². The molecule has 2 aromatic heterocycles. The van der Waals surface area contributed by atoms with Crippen LogP contribution in [0.15, 0.2) is 46.5 Å². The first-order valence-corrected chi connectivity index (χ1v) is 8.72. The second kappa shape index (κ2) is 6.73. The van der Waals surface area contributed by atoms with E-state index in [0.717, 1.165) is 28.8 Å².